The van der Waals surface area contributed by atoms with Gasteiger partial charge in [0.05, 0.1) is 0 Å². The van der Waals surface area contributed by atoms with Gasteiger partial charge in [0.1, 0.15) is 6.54 Å². The average Bonchev–Trinajstić information content (AvgIpc) is 3.03. The van der Waals surface area contributed by atoms with Crippen molar-refractivity contribution in [3.05, 3.63) is 29.8 Å². The topological polar surface area (TPSA) is 72.7 Å². The van der Waals surface area contributed by atoms with Crippen LogP contribution in [0.5, 0.6) is 0 Å². The Morgan fingerprint density at radius 2 is 2.08 bits per heavy atom. The van der Waals surface area contributed by atoms with E-state index >= 15 is 0 Å². The zero-order valence-electron chi connectivity index (χ0n) is 14.8. The SMILES string of the molecule is CCCC[C@H](CC)CNC(=O)Cn1nnc(-c2ccccc2C)n1. The monoisotopic (exact) mass is 329 g/mol. The Labute approximate surface area is 143 Å². The van der Waals surface area contributed by atoms with Gasteiger partial charge < -0.3 is 5.32 Å². The van der Waals surface area contributed by atoms with Gasteiger partial charge in [0, 0.05) is 12.1 Å². The summed E-state index contributed by atoms with van der Waals surface area (Å²) in [5.41, 5.74) is 2.03. The normalized spacial score (nSPS) is 12.1. The molecule has 6 nitrogen and oxygen atoms in total. The molecule has 2 aromatic rings. The first-order chi connectivity index (χ1) is 11.6. The number of tetrazole rings is 1. The van der Waals surface area contributed by atoms with Crippen LogP contribution in [-0.2, 0) is 11.3 Å². The summed E-state index contributed by atoms with van der Waals surface area (Å²) >= 11 is 0. The van der Waals surface area contributed by atoms with E-state index in [2.05, 4.69) is 34.6 Å². The molecule has 0 saturated heterocycles. The Kier molecular flexibility index (Phi) is 6.90. The van der Waals surface area contributed by atoms with Gasteiger partial charge in [-0.1, -0.05) is 57.4 Å². The van der Waals surface area contributed by atoms with Crippen LogP contribution in [0.15, 0.2) is 24.3 Å². The lowest BCUT2D eigenvalue weighted by Crippen LogP contribution is -2.32. The van der Waals surface area contributed by atoms with Gasteiger partial charge in [0.25, 0.3) is 0 Å². The highest BCUT2D eigenvalue weighted by atomic mass is 16.2. The van der Waals surface area contributed by atoms with E-state index in [1.165, 1.54) is 17.6 Å². The molecule has 0 bridgehead atoms. The second kappa shape index (κ2) is 9.15. The van der Waals surface area contributed by atoms with Crippen LogP contribution in [0, 0.1) is 12.8 Å². The standard InChI is InChI=1S/C18H27N5O/c1-4-6-10-15(5-2)12-19-17(24)13-23-21-18(20-22-23)16-11-8-7-9-14(16)3/h7-9,11,15H,4-6,10,12-13H2,1-3H3,(H,19,24)/t15-/m0/s1. The second-order valence-electron chi connectivity index (χ2n) is 6.18. The predicted molar refractivity (Wildman–Crippen MR) is 94.3 cm³/mol. The molecule has 1 aromatic heterocycles. The summed E-state index contributed by atoms with van der Waals surface area (Å²) in [7, 11) is 0. The number of hydrogen-bond donors (Lipinski definition) is 1. The first-order valence-electron chi connectivity index (χ1n) is 8.74. The number of carbonyl (C=O) groups excluding carboxylic acids is 1. The highest BCUT2D eigenvalue weighted by Crippen LogP contribution is 2.17. The molecule has 1 atom stereocenters. The molecule has 0 saturated carbocycles. The molecule has 0 spiro atoms. The molecule has 0 aliphatic heterocycles. The van der Waals surface area contributed by atoms with Crippen molar-refractivity contribution in [3.63, 3.8) is 0 Å². The molecule has 130 valence electrons. The molecule has 0 unspecified atom stereocenters. The largest absolute Gasteiger partial charge is 0.354 e. The molecular weight excluding hydrogens is 302 g/mol. The van der Waals surface area contributed by atoms with E-state index in [-0.39, 0.29) is 12.5 Å². The van der Waals surface area contributed by atoms with Gasteiger partial charge in [-0.05, 0) is 30.0 Å². The maximum absolute atomic E-state index is 12.1. The highest BCUT2D eigenvalue weighted by molar-refractivity contribution is 5.75. The van der Waals surface area contributed by atoms with Crippen LogP contribution in [0.4, 0.5) is 0 Å². The van der Waals surface area contributed by atoms with E-state index in [0.29, 0.717) is 18.3 Å². The molecule has 0 aliphatic carbocycles. The Morgan fingerprint density at radius 1 is 1.29 bits per heavy atom. The molecule has 1 aromatic carbocycles. The van der Waals surface area contributed by atoms with Crippen molar-refractivity contribution in [1.29, 1.82) is 0 Å². The molecule has 24 heavy (non-hydrogen) atoms. The fourth-order valence-electron chi connectivity index (χ4n) is 2.63. The number of rotatable bonds is 9. The number of benzene rings is 1. The van der Waals surface area contributed by atoms with Crippen molar-refractivity contribution in [2.24, 2.45) is 5.92 Å². The summed E-state index contributed by atoms with van der Waals surface area (Å²) < 4.78 is 0. The Hall–Kier alpha value is -2.24. The first-order valence-corrected chi connectivity index (χ1v) is 8.74. The maximum atomic E-state index is 12.1. The first kappa shape index (κ1) is 18.1. The van der Waals surface area contributed by atoms with Crippen LogP contribution in [0.3, 0.4) is 0 Å². The molecule has 0 fully saturated rings. The minimum absolute atomic E-state index is 0.0707. The third-order valence-electron chi connectivity index (χ3n) is 4.26. The Balaban J connectivity index is 1.88. The van der Waals surface area contributed by atoms with Crippen LogP contribution in [0.1, 0.15) is 45.1 Å². The quantitative estimate of drug-likeness (QED) is 0.767. The van der Waals surface area contributed by atoms with E-state index in [9.17, 15) is 4.79 Å². The Bertz CT molecular complexity index is 652. The zero-order valence-corrected chi connectivity index (χ0v) is 14.8. The van der Waals surface area contributed by atoms with Crippen LogP contribution in [0.2, 0.25) is 0 Å². The van der Waals surface area contributed by atoms with Gasteiger partial charge in [0.2, 0.25) is 11.7 Å². The van der Waals surface area contributed by atoms with E-state index in [4.69, 9.17) is 0 Å². The smallest absolute Gasteiger partial charge is 0.243 e. The van der Waals surface area contributed by atoms with E-state index in [1.807, 2.05) is 31.2 Å². The number of unbranched alkanes of at least 4 members (excludes halogenated alkanes) is 1. The summed E-state index contributed by atoms with van der Waals surface area (Å²) in [4.78, 5) is 13.4. The molecule has 0 radical (unpaired) electrons. The number of amides is 1. The van der Waals surface area contributed by atoms with E-state index in [1.54, 1.807) is 0 Å². The van der Waals surface area contributed by atoms with Gasteiger partial charge in [-0.15, -0.1) is 10.2 Å². The van der Waals surface area contributed by atoms with Gasteiger partial charge in [-0.2, -0.15) is 4.80 Å². The number of nitrogens with one attached hydrogen (secondary N) is 1. The second-order valence-corrected chi connectivity index (χ2v) is 6.18. The lowest BCUT2D eigenvalue weighted by atomic mass is 9.99. The summed E-state index contributed by atoms with van der Waals surface area (Å²) in [6, 6.07) is 7.87. The average molecular weight is 329 g/mol. The fraction of sp³-hybridized carbons (Fsp3) is 0.556. The fourth-order valence-corrected chi connectivity index (χ4v) is 2.63. The lowest BCUT2D eigenvalue weighted by Gasteiger charge is -2.14. The lowest BCUT2D eigenvalue weighted by molar-refractivity contribution is -0.122. The number of nitrogens with zero attached hydrogens (tertiary/aromatic N) is 4. The molecular formula is C18H27N5O. The minimum atomic E-state index is -0.0707. The van der Waals surface area contributed by atoms with E-state index in [0.717, 1.165) is 24.0 Å². The van der Waals surface area contributed by atoms with Gasteiger partial charge in [0.15, 0.2) is 0 Å². The number of aryl methyl sites for hydroxylation is 1. The zero-order chi connectivity index (χ0) is 17.4. The molecule has 1 heterocycles. The summed E-state index contributed by atoms with van der Waals surface area (Å²) in [6.07, 6.45) is 4.64. The van der Waals surface area contributed by atoms with Gasteiger partial charge in [-0.25, -0.2) is 0 Å². The number of carbonyl (C=O) groups is 1. The molecule has 6 heteroatoms. The number of aromatic nitrogens is 4. The highest BCUT2D eigenvalue weighted by Gasteiger charge is 2.12. The van der Waals surface area contributed by atoms with Gasteiger partial charge in [-0.3, -0.25) is 4.79 Å². The molecule has 1 amide bonds. The molecule has 0 aliphatic rings. The summed E-state index contributed by atoms with van der Waals surface area (Å²) in [6.45, 7) is 7.18. The van der Waals surface area contributed by atoms with Crippen molar-refractivity contribution >= 4 is 5.91 Å². The predicted octanol–water partition coefficient (Wildman–Crippen LogP) is 2.98. The summed E-state index contributed by atoms with van der Waals surface area (Å²) in [5.74, 6) is 1.02. The third-order valence-corrected chi connectivity index (χ3v) is 4.26. The molecule has 2 rings (SSSR count). The van der Waals surface area contributed by atoms with Crippen LogP contribution < -0.4 is 5.32 Å². The van der Waals surface area contributed by atoms with Crippen molar-refractivity contribution in [1.82, 2.24) is 25.5 Å². The third kappa shape index (κ3) is 5.15. The van der Waals surface area contributed by atoms with Crippen LogP contribution in [-0.4, -0.2) is 32.7 Å². The number of hydrogen-bond acceptors (Lipinski definition) is 4. The maximum Gasteiger partial charge on any atom is 0.243 e. The van der Waals surface area contributed by atoms with Crippen LogP contribution in [0.25, 0.3) is 11.4 Å². The van der Waals surface area contributed by atoms with Crippen molar-refractivity contribution in [3.8, 4) is 11.4 Å². The summed E-state index contributed by atoms with van der Waals surface area (Å²) in [5, 5.41) is 15.3. The van der Waals surface area contributed by atoms with Crippen molar-refractivity contribution in [2.75, 3.05) is 6.54 Å². The van der Waals surface area contributed by atoms with Crippen molar-refractivity contribution in [2.45, 2.75) is 53.0 Å². The van der Waals surface area contributed by atoms with Gasteiger partial charge >= 0.3 is 0 Å². The van der Waals surface area contributed by atoms with Crippen molar-refractivity contribution < 1.29 is 4.79 Å². The Morgan fingerprint density at radius 3 is 2.79 bits per heavy atom. The minimum Gasteiger partial charge on any atom is -0.354 e. The molecule has 1 N–H and O–H groups in total. The van der Waals surface area contributed by atoms with E-state index < -0.39 is 0 Å². The van der Waals surface area contributed by atoms with Crippen LogP contribution >= 0.6 is 0 Å².